The highest BCUT2D eigenvalue weighted by atomic mass is 32.2. The van der Waals surface area contributed by atoms with Gasteiger partial charge in [-0.1, -0.05) is 12.1 Å². The second kappa shape index (κ2) is 8.26. The Bertz CT molecular complexity index is 997. The molecular formula is C21H21N3O4S. The quantitative estimate of drug-likeness (QED) is 0.782. The van der Waals surface area contributed by atoms with Gasteiger partial charge in [-0.2, -0.15) is 0 Å². The second-order valence-corrected chi connectivity index (χ2v) is 8.10. The molecule has 0 aliphatic carbocycles. The summed E-state index contributed by atoms with van der Waals surface area (Å²) in [6.07, 6.45) is 2.50. The first kappa shape index (κ1) is 19.5. The van der Waals surface area contributed by atoms with Gasteiger partial charge >= 0.3 is 0 Å². The minimum atomic E-state index is -0.423. The Labute approximate surface area is 172 Å². The van der Waals surface area contributed by atoms with Crippen LogP contribution in [0.1, 0.15) is 22.5 Å². The molecule has 1 aromatic heterocycles. The molecule has 4 rings (SSSR count). The number of rotatable bonds is 3. The Hall–Kier alpha value is -2.84. The van der Waals surface area contributed by atoms with Gasteiger partial charge in [-0.3, -0.25) is 19.7 Å². The molecule has 0 spiro atoms. The van der Waals surface area contributed by atoms with E-state index in [9.17, 15) is 14.4 Å². The molecule has 0 unspecified atom stereocenters. The van der Waals surface area contributed by atoms with Gasteiger partial charge < -0.3 is 14.2 Å². The van der Waals surface area contributed by atoms with Crippen molar-refractivity contribution in [2.75, 3.05) is 33.2 Å². The van der Waals surface area contributed by atoms with Gasteiger partial charge in [0.1, 0.15) is 11.5 Å². The number of carbonyl (C=O) groups is 3. The van der Waals surface area contributed by atoms with Crippen molar-refractivity contribution in [2.24, 2.45) is 0 Å². The summed E-state index contributed by atoms with van der Waals surface area (Å²) in [5.41, 5.74) is 1.41. The molecule has 150 valence electrons. The normalized spacial score (nSPS) is 19.5. The lowest BCUT2D eigenvalue weighted by atomic mass is 10.1. The molecular weight excluding hydrogens is 390 g/mol. The van der Waals surface area contributed by atoms with Crippen molar-refractivity contribution in [1.82, 2.24) is 15.1 Å². The zero-order valence-corrected chi connectivity index (χ0v) is 16.8. The molecule has 1 N–H and O–H groups in total. The van der Waals surface area contributed by atoms with Gasteiger partial charge in [-0.25, -0.2) is 0 Å². The van der Waals surface area contributed by atoms with Gasteiger partial charge in [-0.05, 0) is 56.0 Å². The molecule has 2 aliphatic rings. The summed E-state index contributed by atoms with van der Waals surface area (Å²) in [6, 6.07) is 10.9. The minimum Gasteiger partial charge on any atom is -0.457 e. The number of nitrogens with one attached hydrogen (secondary N) is 1. The lowest BCUT2D eigenvalue weighted by Crippen LogP contribution is -2.34. The van der Waals surface area contributed by atoms with Crippen molar-refractivity contribution in [1.29, 1.82) is 0 Å². The van der Waals surface area contributed by atoms with E-state index < -0.39 is 5.91 Å². The number of nitrogens with zero attached hydrogens (tertiary/aromatic N) is 2. The van der Waals surface area contributed by atoms with Gasteiger partial charge in [0.25, 0.3) is 17.1 Å². The molecule has 29 heavy (non-hydrogen) atoms. The fraction of sp³-hybridized carbons (Fsp3) is 0.286. The van der Waals surface area contributed by atoms with E-state index in [0.717, 1.165) is 49.9 Å². The standard InChI is InChI=1S/C21H21N3O4S/c1-23-8-3-9-24(11-10-23)20(26)15-5-2-4-14(12-15)17-7-6-16(28-17)13-18-19(25)22-21(27)29-18/h2,4-7,12-13H,3,8-11H2,1H3,(H,22,25,27)/b18-13+. The molecule has 0 atom stereocenters. The van der Waals surface area contributed by atoms with E-state index in [4.69, 9.17) is 4.42 Å². The van der Waals surface area contributed by atoms with E-state index in [-0.39, 0.29) is 11.1 Å². The van der Waals surface area contributed by atoms with E-state index in [2.05, 4.69) is 17.3 Å². The summed E-state index contributed by atoms with van der Waals surface area (Å²) in [4.78, 5) is 40.3. The zero-order valence-electron chi connectivity index (χ0n) is 16.0. The summed E-state index contributed by atoms with van der Waals surface area (Å²) >= 11 is 0.845. The first-order valence-corrected chi connectivity index (χ1v) is 10.2. The van der Waals surface area contributed by atoms with Crippen molar-refractivity contribution >= 4 is 34.9 Å². The van der Waals surface area contributed by atoms with Crippen LogP contribution in [0.25, 0.3) is 17.4 Å². The number of amides is 3. The van der Waals surface area contributed by atoms with Crippen LogP contribution >= 0.6 is 11.8 Å². The second-order valence-electron chi connectivity index (χ2n) is 7.08. The van der Waals surface area contributed by atoms with Crippen LogP contribution in [-0.4, -0.2) is 60.1 Å². The zero-order chi connectivity index (χ0) is 20.4. The molecule has 0 saturated carbocycles. The Morgan fingerprint density at radius 3 is 2.79 bits per heavy atom. The first-order chi connectivity index (χ1) is 14.0. The fourth-order valence-corrected chi connectivity index (χ4v) is 4.04. The van der Waals surface area contributed by atoms with Crippen LogP contribution in [-0.2, 0) is 4.79 Å². The Morgan fingerprint density at radius 2 is 2.00 bits per heavy atom. The third-order valence-electron chi connectivity index (χ3n) is 4.94. The van der Waals surface area contributed by atoms with Crippen LogP contribution in [0.5, 0.6) is 0 Å². The van der Waals surface area contributed by atoms with Gasteiger partial charge in [0.05, 0.1) is 4.91 Å². The van der Waals surface area contributed by atoms with Crippen molar-refractivity contribution in [2.45, 2.75) is 6.42 Å². The molecule has 2 fully saturated rings. The monoisotopic (exact) mass is 411 g/mol. The fourth-order valence-electron chi connectivity index (χ4n) is 3.37. The van der Waals surface area contributed by atoms with Crippen LogP contribution in [0.3, 0.4) is 0 Å². The molecule has 0 radical (unpaired) electrons. The van der Waals surface area contributed by atoms with Crippen molar-refractivity contribution in [3.8, 4) is 11.3 Å². The SMILES string of the molecule is CN1CCCN(C(=O)c2cccc(-c3ccc(/C=C4/SC(=O)NC4=O)o3)c2)CC1. The predicted molar refractivity (Wildman–Crippen MR) is 111 cm³/mol. The van der Waals surface area contributed by atoms with E-state index in [1.807, 2.05) is 29.2 Å². The first-order valence-electron chi connectivity index (χ1n) is 9.42. The molecule has 2 aromatic rings. The Kier molecular flexibility index (Phi) is 5.55. The van der Waals surface area contributed by atoms with E-state index >= 15 is 0 Å². The van der Waals surface area contributed by atoms with Gasteiger partial charge in [0.2, 0.25) is 0 Å². The Morgan fingerprint density at radius 1 is 1.14 bits per heavy atom. The maximum atomic E-state index is 12.9. The van der Waals surface area contributed by atoms with Gasteiger partial charge in [0.15, 0.2) is 0 Å². The van der Waals surface area contributed by atoms with E-state index in [0.29, 0.717) is 22.0 Å². The van der Waals surface area contributed by atoms with E-state index in [1.54, 1.807) is 12.1 Å². The van der Waals surface area contributed by atoms with Crippen LogP contribution in [0.15, 0.2) is 45.7 Å². The number of furan rings is 1. The number of benzene rings is 1. The average molecular weight is 411 g/mol. The number of thioether (sulfide) groups is 1. The minimum absolute atomic E-state index is 0.0218. The molecule has 2 aliphatic heterocycles. The molecule has 7 nitrogen and oxygen atoms in total. The summed E-state index contributed by atoms with van der Waals surface area (Å²) in [5, 5.41) is 1.82. The van der Waals surface area contributed by atoms with Crippen LogP contribution < -0.4 is 5.32 Å². The predicted octanol–water partition coefficient (Wildman–Crippen LogP) is 3.05. The van der Waals surface area contributed by atoms with Crippen molar-refractivity contribution in [3.05, 3.63) is 52.6 Å². The molecule has 3 heterocycles. The number of hydrogen-bond acceptors (Lipinski definition) is 6. The molecule has 8 heteroatoms. The number of likely N-dealkylation sites (N-methyl/N-ethyl adjacent to an activating group) is 1. The number of imide groups is 1. The van der Waals surface area contributed by atoms with Crippen molar-refractivity contribution < 1.29 is 18.8 Å². The summed E-state index contributed by atoms with van der Waals surface area (Å²) in [5.74, 6) is 0.665. The topological polar surface area (TPSA) is 82.9 Å². The highest BCUT2D eigenvalue weighted by Crippen LogP contribution is 2.29. The lowest BCUT2D eigenvalue weighted by Gasteiger charge is -2.20. The highest BCUT2D eigenvalue weighted by Gasteiger charge is 2.25. The third-order valence-corrected chi connectivity index (χ3v) is 5.75. The van der Waals surface area contributed by atoms with Crippen LogP contribution in [0, 0.1) is 0 Å². The van der Waals surface area contributed by atoms with Gasteiger partial charge in [0, 0.05) is 36.8 Å². The maximum absolute atomic E-state index is 12.9. The maximum Gasteiger partial charge on any atom is 0.290 e. The molecule has 1 aromatic carbocycles. The van der Waals surface area contributed by atoms with Crippen LogP contribution in [0.2, 0.25) is 0 Å². The van der Waals surface area contributed by atoms with Crippen molar-refractivity contribution in [3.63, 3.8) is 0 Å². The molecule has 0 bridgehead atoms. The number of hydrogen-bond donors (Lipinski definition) is 1. The van der Waals surface area contributed by atoms with Gasteiger partial charge in [-0.15, -0.1) is 0 Å². The summed E-state index contributed by atoms with van der Waals surface area (Å²) in [6.45, 7) is 3.34. The average Bonchev–Trinajstić information content (AvgIpc) is 3.23. The lowest BCUT2D eigenvalue weighted by molar-refractivity contribution is -0.115. The van der Waals surface area contributed by atoms with E-state index in [1.165, 1.54) is 6.08 Å². The largest absolute Gasteiger partial charge is 0.457 e. The summed E-state index contributed by atoms with van der Waals surface area (Å²) < 4.78 is 5.82. The third kappa shape index (κ3) is 4.44. The number of carbonyl (C=O) groups excluding carboxylic acids is 3. The smallest absolute Gasteiger partial charge is 0.290 e. The van der Waals surface area contributed by atoms with Crippen LogP contribution in [0.4, 0.5) is 4.79 Å². The highest BCUT2D eigenvalue weighted by molar-refractivity contribution is 8.18. The Balaban J connectivity index is 1.53. The molecule has 3 amide bonds. The summed E-state index contributed by atoms with van der Waals surface area (Å²) in [7, 11) is 2.07. The molecule has 2 saturated heterocycles.